The van der Waals surface area contributed by atoms with Gasteiger partial charge in [-0.05, 0) is 42.0 Å². The predicted molar refractivity (Wildman–Crippen MR) is 108 cm³/mol. The van der Waals surface area contributed by atoms with Crippen molar-refractivity contribution in [2.45, 2.75) is 45.6 Å². The van der Waals surface area contributed by atoms with Crippen molar-refractivity contribution in [3.05, 3.63) is 59.7 Å². The summed E-state index contributed by atoms with van der Waals surface area (Å²) >= 11 is 0. The number of nitrogens with zero attached hydrogens (tertiary/aromatic N) is 2. The van der Waals surface area contributed by atoms with Gasteiger partial charge < -0.3 is 10.0 Å². The quantitative estimate of drug-likeness (QED) is 0.631. The minimum absolute atomic E-state index is 0.157. The van der Waals surface area contributed by atoms with Crippen molar-refractivity contribution in [2.24, 2.45) is 0 Å². The van der Waals surface area contributed by atoms with Crippen LogP contribution in [0.1, 0.15) is 50.2 Å². The number of hydrogen-bond acceptors (Lipinski definition) is 3. The Morgan fingerprint density at radius 2 is 1.81 bits per heavy atom. The van der Waals surface area contributed by atoms with Crippen molar-refractivity contribution in [3.63, 3.8) is 0 Å². The molecule has 2 aromatic rings. The maximum absolute atomic E-state index is 12.5. The molecular weight excluding hydrogens is 336 g/mol. The van der Waals surface area contributed by atoms with Gasteiger partial charge in [0.25, 0.3) is 0 Å². The van der Waals surface area contributed by atoms with E-state index in [4.69, 9.17) is 5.11 Å². The van der Waals surface area contributed by atoms with Crippen LogP contribution in [0.3, 0.4) is 0 Å². The molecule has 0 aliphatic rings. The summed E-state index contributed by atoms with van der Waals surface area (Å²) in [5.74, 6) is 0.175. The standard InChI is InChI=1S/C23H28N2O2/c1-2-3-10-23(27)25(15-6-7-16-26)18-19-11-13-20(14-12-19)22-9-5-4-8-21(22)17-24/h4-5,8-9,11-14,26H,2-3,6-7,10,15-16,18H2,1H3. The van der Waals surface area contributed by atoms with E-state index < -0.39 is 0 Å². The minimum atomic E-state index is 0.157. The summed E-state index contributed by atoms with van der Waals surface area (Å²) in [5.41, 5.74) is 3.65. The van der Waals surface area contributed by atoms with Crippen molar-refractivity contribution < 1.29 is 9.90 Å². The van der Waals surface area contributed by atoms with E-state index in [1.54, 1.807) is 0 Å². The Labute approximate surface area is 162 Å². The zero-order valence-corrected chi connectivity index (χ0v) is 16.0. The number of hydrogen-bond donors (Lipinski definition) is 1. The molecular formula is C23H28N2O2. The van der Waals surface area contributed by atoms with Crippen molar-refractivity contribution >= 4 is 5.91 Å². The number of nitriles is 1. The molecule has 1 N–H and O–H groups in total. The summed E-state index contributed by atoms with van der Waals surface area (Å²) in [6, 6.07) is 17.9. The third kappa shape index (κ3) is 6.23. The highest BCUT2D eigenvalue weighted by atomic mass is 16.3. The second-order valence-corrected chi connectivity index (χ2v) is 6.70. The van der Waals surface area contributed by atoms with Gasteiger partial charge >= 0.3 is 0 Å². The Kier molecular flexibility index (Phi) is 8.54. The lowest BCUT2D eigenvalue weighted by molar-refractivity contribution is -0.132. The second kappa shape index (κ2) is 11.2. The van der Waals surface area contributed by atoms with Crippen LogP contribution in [0.25, 0.3) is 11.1 Å². The Balaban J connectivity index is 2.10. The van der Waals surface area contributed by atoms with Gasteiger partial charge in [0.1, 0.15) is 0 Å². The van der Waals surface area contributed by atoms with E-state index in [1.807, 2.05) is 53.4 Å². The number of rotatable bonds is 10. The molecule has 0 saturated carbocycles. The number of benzene rings is 2. The van der Waals surface area contributed by atoms with Crippen molar-refractivity contribution in [1.82, 2.24) is 4.90 Å². The van der Waals surface area contributed by atoms with Gasteiger partial charge in [-0.2, -0.15) is 5.26 Å². The first-order valence-electron chi connectivity index (χ1n) is 9.66. The highest BCUT2D eigenvalue weighted by molar-refractivity contribution is 5.76. The Morgan fingerprint density at radius 3 is 2.48 bits per heavy atom. The number of unbranched alkanes of at least 4 members (excludes halogenated alkanes) is 2. The molecule has 1 amide bonds. The number of aliphatic hydroxyl groups excluding tert-OH is 1. The molecule has 0 aromatic heterocycles. The third-order valence-electron chi connectivity index (χ3n) is 4.62. The monoisotopic (exact) mass is 364 g/mol. The zero-order valence-electron chi connectivity index (χ0n) is 16.0. The highest BCUT2D eigenvalue weighted by Gasteiger charge is 2.13. The van der Waals surface area contributed by atoms with Crippen molar-refractivity contribution in [3.8, 4) is 17.2 Å². The van der Waals surface area contributed by atoms with Gasteiger partial charge in [0.2, 0.25) is 5.91 Å². The molecule has 0 aliphatic heterocycles. The molecule has 27 heavy (non-hydrogen) atoms. The summed E-state index contributed by atoms with van der Waals surface area (Å²) in [5, 5.41) is 18.3. The first-order valence-corrected chi connectivity index (χ1v) is 9.66. The molecule has 0 heterocycles. The summed E-state index contributed by atoms with van der Waals surface area (Å²) < 4.78 is 0. The maximum atomic E-state index is 12.5. The molecule has 0 atom stereocenters. The minimum Gasteiger partial charge on any atom is -0.396 e. The molecule has 2 rings (SSSR count). The molecule has 4 heteroatoms. The van der Waals surface area contributed by atoms with Crippen molar-refractivity contribution in [1.29, 1.82) is 5.26 Å². The fourth-order valence-electron chi connectivity index (χ4n) is 3.03. The fraction of sp³-hybridized carbons (Fsp3) is 0.391. The SMILES string of the molecule is CCCCC(=O)N(CCCCO)Cc1ccc(-c2ccccc2C#N)cc1. The molecule has 4 nitrogen and oxygen atoms in total. The van der Waals surface area contributed by atoms with Gasteiger partial charge in [-0.1, -0.05) is 55.8 Å². The van der Waals surface area contributed by atoms with Gasteiger partial charge in [0.15, 0.2) is 0 Å². The fourth-order valence-corrected chi connectivity index (χ4v) is 3.03. The van der Waals surface area contributed by atoms with Crippen LogP contribution in [0.15, 0.2) is 48.5 Å². The van der Waals surface area contributed by atoms with E-state index in [9.17, 15) is 10.1 Å². The van der Waals surface area contributed by atoms with Crippen molar-refractivity contribution in [2.75, 3.05) is 13.2 Å². The summed E-state index contributed by atoms with van der Waals surface area (Å²) in [4.78, 5) is 14.4. The van der Waals surface area contributed by atoms with Gasteiger partial charge in [-0.25, -0.2) is 0 Å². The van der Waals surface area contributed by atoms with Crippen LogP contribution < -0.4 is 0 Å². The Hall–Kier alpha value is -2.64. The summed E-state index contributed by atoms with van der Waals surface area (Å²) in [6.45, 7) is 3.49. The van der Waals surface area contributed by atoms with E-state index >= 15 is 0 Å². The lowest BCUT2D eigenvalue weighted by Gasteiger charge is -2.23. The third-order valence-corrected chi connectivity index (χ3v) is 4.62. The van der Waals surface area contributed by atoms with E-state index in [1.165, 1.54) is 0 Å². The lowest BCUT2D eigenvalue weighted by Crippen LogP contribution is -2.31. The van der Waals surface area contributed by atoms with E-state index in [0.29, 0.717) is 31.5 Å². The number of amides is 1. The molecule has 0 fully saturated rings. The number of carbonyl (C=O) groups excluding carboxylic acids is 1. The molecule has 2 aromatic carbocycles. The average Bonchev–Trinajstić information content (AvgIpc) is 2.72. The number of carbonyl (C=O) groups is 1. The van der Waals surface area contributed by atoms with Crippen LogP contribution in [0, 0.1) is 11.3 Å². The lowest BCUT2D eigenvalue weighted by atomic mass is 9.99. The first-order chi connectivity index (χ1) is 13.2. The van der Waals surface area contributed by atoms with Gasteiger partial charge in [0.05, 0.1) is 11.6 Å². The van der Waals surface area contributed by atoms with E-state index in [-0.39, 0.29) is 12.5 Å². The molecule has 0 aliphatic carbocycles. The smallest absolute Gasteiger partial charge is 0.222 e. The normalized spacial score (nSPS) is 10.4. The second-order valence-electron chi connectivity index (χ2n) is 6.70. The Bertz CT molecular complexity index is 763. The largest absolute Gasteiger partial charge is 0.396 e. The molecule has 0 spiro atoms. The topological polar surface area (TPSA) is 64.3 Å². The van der Waals surface area contributed by atoms with Crippen LogP contribution in [0.4, 0.5) is 0 Å². The molecule has 0 radical (unpaired) electrons. The molecule has 142 valence electrons. The average molecular weight is 364 g/mol. The Morgan fingerprint density at radius 1 is 1.07 bits per heavy atom. The zero-order chi connectivity index (χ0) is 19.5. The molecule has 0 saturated heterocycles. The molecule has 0 unspecified atom stereocenters. The van der Waals surface area contributed by atoms with Gasteiger partial charge in [-0.15, -0.1) is 0 Å². The first kappa shape index (κ1) is 20.7. The van der Waals surface area contributed by atoms with Crippen LogP contribution in [0.2, 0.25) is 0 Å². The van der Waals surface area contributed by atoms with Crippen LogP contribution in [-0.4, -0.2) is 29.1 Å². The van der Waals surface area contributed by atoms with E-state index in [2.05, 4.69) is 13.0 Å². The van der Waals surface area contributed by atoms with Gasteiger partial charge in [0, 0.05) is 26.1 Å². The van der Waals surface area contributed by atoms with Crippen LogP contribution in [-0.2, 0) is 11.3 Å². The summed E-state index contributed by atoms with van der Waals surface area (Å²) in [7, 11) is 0. The predicted octanol–water partition coefficient (Wildman–Crippen LogP) is 4.52. The van der Waals surface area contributed by atoms with Crippen LogP contribution >= 0.6 is 0 Å². The van der Waals surface area contributed by atoms with E-state index in [0.717, 1.165) is 36.0 Å². The number of aliphatic hydroxyl groups is 1. The van der Waals surface area contributed by atoms with Crippen LogP contribution in [0.5, 0.6) is 0 Å². The maximum Gasteiger partial charge on any atom is 0.222 e. The highest BCUT2D eigenvalue weighted by Crippen LogP contribution is 2.24. The van der Waals surface area contributed by atoms with Gasteiger partial charge in [-0.3, -0.25) is 4.79 Å². The molecule has 0 bridgehead atoms. The summed E-state index contributed by atoms with van der Waals surface area (Å²) in [6.07, 6.45) is 4.00.